The Morgan fingerprint density at radius 3 is 2.65 bits per heavy atom. The zero-order chi connectivity index (χ0) is 17.8. The van der Waals surface area contributed by atoms with Crippen molar-refractivity contribution in [2.45, 2.75) is 19.9 Å². The lowest BCUT2D eigenvalue weighted by molar-refractivity contribution is 0.621. The van der Waals surface area contributed by atoms with E-state index in [1.165, 1.54) is 12.1 Å². The van der Waals surface area contributed by atoms with Gasteiger partial charge < -0.3 is 8.98 Å². The monoisotopic (exact) mass is 344 g/mol. The first kappa shape index (κ1) is 15.1. The minimum atomic E-state index is -0.264. The fraction of sp³-hybridized carbons (Fsp3) is 0.136. The van der Waals surface area contributed by atoms with Crippen LogP contribution in [0.3, 0.4) is 0 Å². The summed E-state index contributed by atoms with van der Waals surface area (Å²) in [5, 5.41) is 1.69. The predicted octanol–water partition coefficient (Wildman–Crippen LogP) is 6.32. The van der Waals surface area contributed by atoms with Crippen LogP contribution in [-0.2, 0) is 0 Å². The Labute approximate surface area is 149 Å². The molecule has 0 unspecified atom stereocenters. The second-order valence-electron chi connectivity index (χ2n) is 6.81. The highest BCUT2D eigenvalue weighted by atomic mass is 19.1. The van der Waals surface area contributed by atoms with Crippen LogP contribution < -0.4 is 0 Å². The third-order valence-electron chi connectivity index (χ3n) is 4.81. The summed E-state index contributed by atoms with van der Waals surface area (Å²) < 4.78 is 22.0. The number of para-hydroxylation sites is 3. The molecule has 0 aliphatic carbocycles. The molecule has 5 aromatic rings. The summed E-state index contributed by atoms with van der Waals surface area (Å²) in [6.45, 7) is 4.29. The van der Waals surface area contributed by atoms with Crippen molar-refractivity contribution in [2.24, 2.45) is 0 Å². The summed E-state index contributed by atoms with van der Waals surface area (Å²) in [5.41, 5.74) is 4.39. The molecule has 0 fully saturated rings. The summed E-state index contributed by atoms with van der Waals surface area (Å²) in [6, 6.07) is 18.9. The first-order chi connectivity index (χ1) is 12.6. The second kappa shape index (κ2) is 5.43. The van der Waals surface area contributed by atoms with Gasteiger partial charge in [-0.25, -0.2) is 9.37 Å². The van der Waals surface area contributed by atoms with Gasteiger partial charge in [-0.2, -0.15) is 0 Å². The van der Waals surface area contributed by atoms with Crippen molar-refractivity contribution in [1.82, 2.24) is 9.55 Å². The van der Waals surface area contributed by atoms with Crippen LogP contribution in [0.2, 0.25) is 0 Å². The topological polar surface area (TPSA) is 31.0 Å². The quantitative estimate of drug-likeness (QED) is 0.375. The highest BCUT2D eigenvalue weighted by Gasteiger charge is 2.19. The van der Waals surface area contributed by atoms with Crippen LogP contribution in [0.1, 0.15) is 19.9 Å². The molecule has 3 aromatic carbocycles. The number of imidazole rings is 1. The van der Waals surface area contributed by atoms with Gasteiger partial charge in [0, 0.05) is 16.8 Å². The Hall–Kier alpha value is -3.14. The van der Waals surface area contributed by atoms with E-state index < -0.39 is 0 Å². The highest BCUT2D eigenvalue weighted by molar-refractivity contribution is 6.09. The average molecular weight is 344 g/mol. The van der Waals surface area contributed by atoms with Gasteiger partial charge >= 0.3 is 0 Å². The van der Waals surface area contributed by atoms with E-state index in [4.69, 9.17) is 9.40 Å². The molecular formula is C22H17FN2O. The number of rotatable bonds is 2. The number of benzene rings is 3. The average Bonchev–Trinajstić information content (AvgIpc) is 3.19. The van der Waals surface area contributed by atoms with Gasteiger partial charge in [0.25, 0.3) is 0 Å². The normalized spacial score (nSPS) is 12.0. The Morgan fingerprint density at radius 2 is 1.81 bits per heavy atom. The molecule has 0 aliphatic heterocycles. The fourth-order valence-electron chi connectivity index (χ4n) is 3.70. The van der Waals surface area contributed by atoms with Gasteiger partial charge in [0.15, 0.2) is 0 Å². The highest BCUT2D eigenvalue weighted by Crippen LogP contribution is 2.37. The number of aromatic nitrogens is 2. The molecule has 0 saturated heterocycles. The Bertz CT molecular complexity index is 1280. The van der Waals surface area contributed by atoms with Crippen molar-refractivity contribution >= 4 is 33.0 Å². The van der Waals surface area contributed by atoms with Crippen molar-refractivity contribution in [1.29, 1.82) is 0 Å². The number of nitrogens with zero attached hydrogens (tertiary/aromatic N) is 2. The summed E-state index contributed by atoms with van der Waals surface area (Å²) >= 11 is 0. The third kappa shape index (κ3) is 2.08. The predicted molar refractivity (Wildman–Crippen MR) is 103 cm³/mol. The van der Waals surface area contributed by atoms with Gasteiger partial charge in [-0.15, -0.1) is 0 Å². The van der Waals surface area contributed by atoms with Crippen LogP contribution in [0.4, 0.5) is 4.39 Å². The van der Waals surface area contributed by atoms with Crippen molar-refractivity contribution in [3.05, 3.63) is 66.5 Å². The minimum absolute atomic E-state index is 0.245. The van der Waals surface area contributed by atoms with E-state index in [9.17, 15) is 4.39 Å². The van der Waals surface area contributed by atoms with Crippen LogP contribution >= 0.6 is 0 Å². The molecule has 0 bridgehead atoms. The molecule has 128 valence electrons. The van der Waals surface area contributed by atoms with Gasteiger partial charge in [0.2, 0.25) is 0 Å². The number of fused-ring (bicyclic) bond motifs is 4. The van der Waals surface area contributed by atoms with Gasteiger partial charge in [-0.05, 0) is 50.2 Å². The molecule has 0 aliphatic rings. The van der Waals surface area contributed by atoms with E-state index in [2.05, 4.69) is 24.5 Å². The maximum atomic E-state index is 13.7. The molecule has 0 N–H and O–H groups in total. The van der Waals surface area contributed by atoms with E-state index in [1.54, 1.807) is 6.07 Å². The Kier molecular flexibility index (Phi) is 3.16. The van der Waals surface area contributed by atoms with Crippen molar-refractivity contribution in [2.75, 3.05) is 0 Å². The molecule has 4 heteroatoms. The number of hydrogen-bond acceptors (Lipinski definition) is 2. The number of hydrogen-bond donors (Lipinski definition) is 0. The van der Waals surface area contributed by atoms with E-state index in [0.29, 0.717) is 5.58 Å². The van der Waals surface area contributed by atoms with Gasteiger partial charge in [0.1, 0.15) is 22.8 Å². The number of furan rings is 1. The van der Waals surface area contributed by atoms with E-state index in [0.717, 1.165) is 38.8 Å². The SMILES string of the molecule is CC(C)n1c(-c2cccc3c2oc2ccc(F)cc23)nc2ccccc21. The second-order valence-corrected chi connectivity index (χ2v) is 6.81. The molecule has 2 heterocycles. The zero-order valence-corrected chi connectivity index (χ0v) is 14.5. The van der Waals surface area contributed by atoms with Gasteiger partial charge in [-0.1, -0.05) is 24.3 Å². The van der Waals surface area contributed by atoms with Crippen molar-refractivity contribution < 1.29 is 8.81 Å². The molecule has 0 saturated carbocycles. The fourth-order valence-corrected chi connectivity index (χ4v) is 3.70. The lowest BCUT2D eigenvalue weighted by Crippen LogP contribution is -2.03. The lowest BCUT2D eigenvalue weighted by atomic mass is 10.1. The summed E-state index contributed by atoms with van der Waals surface area (Å²) in [7, 11) is 0. The molecule has 0 amide bonds. The summed E-state index contributed by atoms with van der Waals surface area (Å²) in [5.74, 6) is 0.603. The largest absolute Gasteiger partial charge is 0.455 e. The molecule has 0 atom stereocenters. The van der Waals surface area contributed by atoms with Crippen LogP contribution in [0.25, 0.3) is 44.4 Å². The molecule has 5 rings (SSSR count). The van der Waals surface area contributed by atoms with Crippen LogP contribution in [0, 0.1) is 5.82 Å². The lowest BCUT2D eigenvalue weighted by Gasteiger charge is -2.13. The van der Waals surface area contributed by atoms with Gasteiger partial charge in [-0.3, -0.25) is 0 Å². The maximum Gasteiger partial charge on any atom is 0.146 e. The molecule has 2 aromatic heterocycles. The van der Waals surface area contributed by atoms with E-state index in [-0.39, 0.29) is 11.9 Å². The maximum absolute atomic E-state index is 13.7. The molecule has 26 heavy (non-hydrogen) atoms. The summed E-state index contributed by atoms with van der Waals surface area (Å²) in [6.07, 6.45) is 0. The third-order valence-corrected chi connectivity index (χ3v) is 4.81. The first-order valence-electron chi connectivity index (χ1n) is 8.71. The van der Waals surface area contributed by atoms with E-state index in [1.807, 2.05) is 36.4 Å². The molecule has 0 spiro atoms. The van der Waals surface area contributed by atoms with Crippen LogP contribution in [-0.4, -0.2) is 9.55 Å². The molecular weight excluding hydrogens is 327 g/mol. The standard InChI is InChI=1S/C22H17FN2O/c1-13(2)25-19-9-4-3-8-18(19)24-22(25)16-7-5-6-15-17-12-14(23)10-11-20(17)26-21(15)16/h3-13H,1-2H3. The first-order valence-corrected chi connectivity index (χ1v) is 8.71. The summed E-state index contributed by atoms with van der Waals surface area (Å²) in [4.78, 5) is 4.87. The molecule has 3 nitrogen and oxygen atoms in total. The Morgan fingerprint density at radius 1 is 0.962 bits per heavy atom. The van der Waals surface area contributed by atoms with Crippen molar-refractivity contribution in [3.8, 4) is 11.4 Å². The molecule has 0 radical (unpaired) electrons. The Balaban J connectivity index is 1.89. The number of halogens is 1. The minimum Gasteiger partial charge on any atom is -0.455 e. The van der Waals surface area contributed by atoms with Crippen LogP contribution in [0.15, 0.2) is 65.1 Å². The van der Waals surface area contributed by atoms with Gasteiger partial charge in [0.05, 0.1) is 16.6 Å². The van der Waals surface area contributed by atoms with Crippen LogP contribution in [0.5, 0.6) is 0 Å². The smallest absolute Gasteiger partial charge is 0.146 e. The van der Waals surface area contributed by atoms with E-state index >= 15 is 0 Å². The van der Waals surface area contributed by atoms with Crippen molar-refractivity contribution in [3.63, 3.8) is 0 Å². The zero-order valence-electron chi connectivity index (χ0n) is 14.5.